The molecule has 0 saturated heterocycles. The summed E-state index contributed by atoms with van der Waals surface area (Å²) in [6.45, 7) is 0.650. The fourth-order valence-corrected chi connectivity index (χ4v) is 2.01. The molecule has 0 amide bonds. The zero-order valence-corrected chi connectivity index (χ0v) is 11.6. The molecule has 0 saturated carbocycles. The Morgan fingerprint density at radius 1 is 1.05 bits per heavy atom. The highest BCUT2D eigenvalue weighted by atomic mass is 15.2. The quantitative estimate of drug-likeness (QED) is 0.763. The summed E-state index contributed by atoms with van der Waals surface area (Å²) in [6, 6.07) is 14.1. The van der Waals surface area contributed by atoms with E-state index in [1.807, 2.05) is 61.5 Å². The van der Waals surface area contributed by atoms with E-state index < -0.39 is 0 Å². The molecule has 5 nitrogen and oxygen atoms in total. The first-order valence-corrected chi connectivity index (χ1v) is 6.54. The fourth-order valence-electron chi connectivity index (χ4n) is 2.01. The Balaban J connectivity index is 1.79. The minimum absolute atomic E-state index is 0.650. The van der Waals surface area contributed by atoms with Crippen molar-refractivity contribution in [3.8, 4) is 0 Å². The fraction of sp³-hybridized carbons (Fsp3) is 0.200. The molecule has 0 bridgehead atoms. The number of benzene rings is 1. The summed E-state index contributed by atoms with van der Waals surface area (Å²) in [5, 5.41) is 3.33. The van der Waals surface area contributed by atoms with Gasteiger partial charge in [0.25, 0.3) is 0 Å². The highest BCUT2D eigenvalue weighted by molar-refractivity contribution is 5.73. The summed E-state index contributed by atoms with van der Waals surface area (Å²) in [7, 11) is 3.94. The van der Waals surface area contributed by atoms with Gasteiger partial charge in [-0.3, -0.25) is 0 Å². The minimum Gasteiger partial charge on any atom is -0.378 e. The van der Waals surface area contributed by atoms with Crippen molar-refractivity contribution in [2.24, 2.45) is 0 Å². The van der Waals surface area contributed by atoms with Crippen molar-refractivity contribution in [2.45, 2.75) is 6.54 Å². The van der Waals surface area contributed by atoms with E-state index in [-0.39, 0.29) is 0 Å². The summed E-state index contributed by atoms with van der Waals surface area (Å²) < 4.78 is 0. The number of nitrogens with zero attached hydrogens (tertiary/aromatic N) is 3. The van der Waals surface area contributed by atoms with Crippen LogP contribution < -0.4 is 10.2 Å². The average Bonchev–Trinajstić information content (AvgIpc) is 2.88. The molecule has 2 N–H and O–H groups in total. The zero-order valence-electron chi connectivity index (χ0n) is 11.6. The van der Waals surface area contributed by atoms with Crippen LogP contribution in [-0.2, 0) is 6.54 Å². The molecule has 3 aromatic rings. The van der Waals surface area contributed by atoms with Crippen molar-refractivity contribution >= 4 is 22.7 Å². The zero-order chi connectivity index (χ0) is 13.9. The summed E-state index contributed by atoms with van der Waals surface area (Å²) >= 11 is 0. The van der Waals surface area contributed by atoms with Crippen LogP contribution in [0.2, 0.25) is 0 Å². The Bertz CT molecular complexity index is 703. The Kier molecular flexibility index (Phi) is 3.25. The SMILES string of the molecule is CN(C)c1ccc2[nH]c(CNc3ccccc3)nc2n1. The molecular formula is C15H17N5. The lowest BCUT2D eigenvalue weighted by molar-refractivity contribution is 1.01. The van der Waals surface area contributed by atoms with E-state index in [0.717, 1.165) is 28.5 Å². The number of imidazole rings is 1. The third kappa shape index (κ3) is 2.56. The Morgan fingerprint density at radius 2 is 1.85 bits per heavy atom. The maximum absolute atomic E-state index is 4.52. The predicted octanol–water partition coefficient (Wildman–Crippen LogP) is 2.64. The molecule has 0 spiro atoms. The monoisotopic (exact) mass is 267 g/mol. The van der Waals surface area contributed by atoms with Crippen LogP contribution >= 0.6 is 0 Å². The van der Waals surface area contributed by atoms with Crippen molar-refractivity contribution in [2.75, 3.05) is 24.3 Å². The van der Waals surface area contributed by atoms with Crippen LogP contribution in [0.25, 0.3) is 11.2 Å². The number of anilines is 2. The molecule has 0 radical (unpaired) electrons. The smallest absolute Gasteiger partial charge is 0.179 e. The molecule has 0 aliphatic rings. The molecule has 2 aromatic heterocycles. The van der Waals surface area contributed by atoms with Gasteiger partial charge in [-0.15, -0.1) is 0 Å². The number of nitrogens with one attached hydrogen (secondary N) is 2. The van der Waals surface area contributed by atoms with Crippen LogP contribution in [0.3, 0.4) is 0 Å². The summed E-state index contributed by atoms with van der Waals surface area (Å²) in [5.41, 5.74) is 2.79. The van der Waals surface area contributed by atoms with E-state index in [9.17, 15) is 0 Å². The molecule has 20 heavy (non-hydrogen) atoms. The van der Waals surface area contributed by atoms with Crippen LogP contribution in [-0.4, -0.2) is 29.0 Å². The van der Waals surface area contributed by atoms with Crippen molar-refractivity contribution < 1.29 is 0 Å². The lowest BCUT2D eigenvalue weighted by atomic mass is 10.3. The predicted molar refractivity (Wildman–Crippen MR) is 82.0 cm³/mol. The third-order valence-electron chi connectivity index (χ3n) is 3.07. The first-order valence-electron chi connectivity index (χ1n) is 6.54. The van der Waals surface area contributed by atoms with E-state index in [1.54, 1.807) is 0 Å². The van der Waals surface area contributed by atoms with Gasteiger partial charge in [-0.1, -0.05) is 18.2 Å². The van der Waals surface area contributed by atoms with Gasteiger partial charge in [0.1, 0.15) is 11.6 Å². The molecule has 0 fully saturated rings. The van der Waals surface area contributed by atoms with Gasteiger partial charge in [-0.2, -0.15) is 0 Å². The van der Waals surface area contributed by atoms with Crippen molar-refractivity contribution in [1.82, 2.24) is 15.0 Å². The number of aromatic amines is 1. The number of aromatic nitrogens is 3. The first-order chi connectivity index (χ1) is 9.72. The van der Waals surface area contributed by atoms with E-state index in [1.165, 1.54) is 0 Å². The van der Waals surface area contributed by atoms with Crippen LogP contribution in [0, 0.1) is 0 Å². The molecule has 3 rings (SSSR count). The second-order valence-corrected chi connectivity index (χ2v) is 4.84. The molecule has 102 valence electrons. The normalized spacial score (nSPS) is 10.7. The van der Waals surface area contributed by atoms with Crippen molar-refractivity contribution in [1.29, 1.82) is 0 Å². The van der Waals surface area contributed by atoms with Crippen LogP contribution in [0.5, 0.6) is 0 Å². The molecule has 1 aromatic carbocycles. The maximum Gasteiger partial charge on any atom is 0.179 e. The van der Waals surface area contributed by atoms with E-state index in [4.69, 9.17) is 0 Å². The minimum atomic E-state index is 0.650. The lowest BCUT2D eigenvalue weighted by Gasteiger charge is -2.09. The molecule has 0 aliphatic heterocycles. The van der Waals surface area contributed by atoms with E-state index >= 15 is 0 Å². The van der Waals surface area contributed by atoms with Gasteiger partial charge in [-0.25, -0.2) is 9.97 Å². The van der Waals surface area contributed by atoms with Crippen molar-refractivity contribution in [3.05, 3.63) is 48.3 Å². The standard InChI is InChI=1S/C15H17N5/c1-20(2)14-9-8-12-15(19-14)18-13(17-12)10-16-11-6-4-3-5-7-11/h3-9,16H,10H2,1-2H3,(H,17,18,19). The van der Waals surface area contributed by atoms with E-state index in [2.05, 4.69) is 20.3 Å². The third-order valence-corrected chi connectivity index (χ3v) is 3.07. The van der Waals surface area contributed by atoms with Gasteiger partial charge in [0.05, 0.1) is 12.1 Å². The lowest BCUT2D eigenvalue weighted by Crippen LogP contribution is -2.10. The molecule has 0 aliphatic carbocycles. The number of hydrogen-bond donors (Lipinski definition) is 2. The Hall–Kier alpha value is -2.56. The summed E-state index contributed by atoms with van der Waals surface area (Å²) in [6.07, 6.45) is 0. The van der Waals surface area contributed by atoms with E-state index in [0.29, 0.717) is 6.54 Å². The number of H-pyrrole nitrogens is 1. The van der Waals surface area contributed by atoms with Crippen LogP contribution in [0.15, 0.2) is 42.5 Å². The molecule has 2 heterocycles. The average molecular weight is 267 g/mol. The van der Waals surface area contributed by atoms with Gasteiger partial charge in [0.2, 0.25) is 0 Å². The summed E-state index contributed by atoms with van der Waals surface area (Å²) in [4.78, 5) is 14.3. The maximum atomic E-state index is 4.52. The molecule has 5 heteroatoms. The van der Waals surface area contributed by atoms with Crippen molar-refractivity contribution in [3.63, 3.8) is 0 Å². The van der Waals surface area contributed by atoms with Crippen LogP contribution in [0.4, 0.5) is 11.5 Å². The van der Waals surface area contributed by atoms with Crippen LogP contribution in [0.1, 0.15) is 5.82 Å². The number of fused-ring (bicyclic) bond motifs is 1. The first kappa shape index (κ1) is 12.5. The highest BCUT2D eigenvalue weighted by Crippen LogP contribution is 2.15. The van der Waals surface area contributed by atoms with Gasteiger partial charge < -0.3 is 15.2 Å². The second kappa shape index (κ2) is 5.21. The Labute approximate surface area is 117 Å². The highest BCUT2D eigenvalue weighted by Gasteiger charge is 2.06. The van der Waals surface area contributed by atoms with Gasteiger partial charge >= 0.3 is 0 Å². The largest absolute Gasteiger partial charge is 0.378 e. The second-order valence-electron chi connectivity index (χ2n) is 4.84. The Morgan fingerprint density at radius 3 is 2.60 bits per heavy atom. The summed E-state index contributed by atoms with van der Waals surface area (Å²) in [5.74, 6) is 1.79. The van der Waals surface area contributed by atoms with Gasteiger partial charge in [-0.05, 0) is 24.3 Å². The number of pyridine rings is 1. The number of para-hydroxylation sites is 1. The number of hydrogen-bond acceptors (Lipinski definition) is 4. The molecule has 0 atom stereocenters. The molecular weight excluding hydrogens is 250 g/mol. The number of rotatable bonds is 4. The molecule has 0 unspecified atom stereocenters. The van der Waals surface area contributed by atoms with Gasteiger partial charge in [0.15, 0.2) is 5.65 Å². The van der Waals surface area contributed by atoms with Gasteiger partial charge in [0, 0.05) is 19.8 Å². The topological polar surface area (TPSA) is 56.8 Å².